The van der Waals surface area contributed by atoms with Gasteiger partial charge in [-0.15, -0.1) is 5.75 Å². The average molecular weight is 662 g/mol. The van der Waals surface area contributed by atoms with Crippen molar-refractivity contribution >= 4 is 6.21 Å². The first-order valence-corrected chi connectivity index (χ1v) is 14.3. The van der Waals surface area contributed by atoms with Gasteiger partial charge in [0.15, 0.2) is 0 Å². The van der Waals surface area contributed by atoms with Gasteiger partial charge in [-0.2, -0.15) is 0 Å². The van der Waals surface area contributed by atoms with Crippen LogP contribution in [0.2, 0.25) is 0 Å². The van der Waals surface area contributed by atoms with Crippen molar-refractivity contribution < 1.29 is 39.0 Å². The second kappa shape index (κ2) is 16.6. The van der Waals surface area contributed by atoms with Crippen LogP contribution in [0.1, 0.15) is 116 Å². The summed E-state index contributed by atoms with van der Waals surface area (Å²) in [5.41, 5.74) is 4.02. The Morgan fingerprint density at radius 3 is 1.90 bits per heavy atom. The van der Waals surface area contributed by atoms with E-state index >= 15 is 0 Å². The van der Waals surface area contributed by atoms with Crippen molar-refractivity contribution in [1.82, 2.24) is 4.90 Å². The van der Waals surface area contributed by atoms with Gasteiger partial charge >= 0.3 is 42.1 Å². The molecule has 1 aliphatic carbocycles. The Hall–Kier alpha value is -2.23. The fraction of sp³-hybridized carbons (Fsp3) is 0.571. The average Bonchev–Trinajstić information content (AvgIpc) is 2.89. The molecule has 0 aromatic heterocycles. The SMILES string of the molecule is CN(Cc1cc(C(C)(C)C)cc(C(C)(C)C)c1[O-])[C@@H]1CCCC[C@H]1N=Cc1cccc(C(C)(C)C)c1[O-].[C-]#[O+].[C-]#[O+].[Ru+2]. The zero-order valence-corrected chi connectivity index (χ0v) is 28.8. The smallest absolute Gasteiger partial charge is 2.00 e. The summed E-state index contributed by atoms with van der Waals surface area (Å²) >= 11 is 0. The summed E-state index contributed by atoms with van der Waals surface area (Å²) in [6.45, 7) is 28.8. The topological polar surface area (TPSA) is 102 Å². The van der Waals surface area contributed by atoms with Crippen LogP contribution in [-0.2, 0) is 51.6 Å². The van der Waals surface area contributed by atoms with Gasteiger partial charge in [0.2, 0.25) is 0 Å². The molecule has 0 N–H and O–H groups in total. The van der Waals surface area contributed by atoms with Crippen LogP contribution in [0.5, 0.6) is 11.5 Å². The number of aliphatic imine (C=N–C) groups is 1. The Bertz CT molecular complexity index is 1210. The van der Waals surface area contributed by atoms with Crippen molar-refractivity contribution in [3.05, 3.63) is 71.4 Å². The number of hydrogen-bond acceptors (Lipinski definition) is 4. The summed E-state index contributed by atoms with van der Waals surface area (Å²) in [7, 11) is 2.12. The zero-order valence-electron chi connectivity index (χ0n) is 27.0. The second-order valence-electron chi connectivity index (χ2n) is 14.1. The zero-order chi connectivity index (χ0) is 31.8. The Morgan fingerprint density at radius 2 is 1.38 bits per heavy atom. The number of hydrogen-bond donors (Lipinski definition) is 0. The summed E-state index contributed by atoms with van der Waals surface area (Å²) in [6, 6.07) is 10.3. The van der Waals surface area contributed by atoms with E-state index in [9.17, 15) is 10.2 Å². The van der Waals surface area contributed by atoms with Gasteiger partial charge in [-0.25, -0.2) is 0 Å². The standard InChI is InChI=1S/C33H50N2O2.2CO.Ru/c1-31(2,3)24-18-23(30(37)26(19-24)33(7,8)9)21-35(10)28-17-12-11-16-27(28)34-20-22-14-13-15-25(29(22)36)32(4,5)6;2*1-2;/h13-15,18-20,27-28,36-37H,11-12,16-17,21H2,1-10H3;;;/q;;;+2/p-2/t27-,28-;;;/m1.../s1. The molecule has 1 aliphatic rings. The van der Waals surface area contributed by atoms with Crippen molar-refractivity contribution in [3.63, 3.8) is 0 Å². The summed E-state index contributed by atoms with van der Waals surface area (Å²) in [5.74, 6) is 0.238. The van der Waals surface area contributed by atoms with Crippen LogP contribution in [-0.4, -0.2) is 30.2 Å². The molecule has 0 unspecified atom stereocenters. The molecular formula is C35H48N2O4Ru. The minimum Gasteiger partial charge on any atom is 2.00 e. The van der Waals surface area contributed by atoms with E-state index in [1.807, 2.05) is 18.2 Å². The molecule has 0 amide bonds. The largest absolute Gasteiger partial charge is 2.00 e. The molecule has 1 saturated carbocycles. The maximum absolute atomic E-state index is 13.6. The van der Waals surface area contributed by atoms with Crippen LogP contribution < -0.4 is 10.2 Å². The monoisotopic (exact) mass is 662 g/mol. The van der Waals surface area contributed by atoms with Crippen LogP contribution in [0.25, 0.3) is 0 Å². The van der Waals surface area contributed by atoms with Gasteiger partial charge in [0, 0.05) is 18.8 Å². The molecule has 1 fully saturated rings. The molecule has 2 atom stereocenters. The van der Waals surface area contributed by atoms with Gasteiger partial charge in [-0.1, -0.05) is 111 Å². The molecule has 2 aromatic rings. The first-order chi connectivity index (χ1) is 19.0. The van der Waals surface area contributed by atoms with Crippen LogP contribution in [0, 0.1) is 13.3 Å². The molecule has 42 heavy (non-hydrogen) atoms. The Balaban J connectivity index is 0.00000322. The molecule has 6 nitrogen and oxygen atoms in total. The van der Waals surface area contributed by atoms with Gasteiger partial charge in [-0.05, 0) is 64.0 Å². The molecule has 3 rings (SSSR count). The first kappa shape index (κ1) is 39.8. The van der Waals surface area contributed by atoms with Crippen molar-refractivity contribution in [1.29, 1.82) is 0 Å². The molecule has 230 valence electrons. The summed E-state index contributed by atoms with van der Waals surface area (Å²) in [4.78, 5) is 7.29. The summed E-state index contributed by atoms with van der Waals surface area (Å²) < 4.78 is 15.0. The van der Waals surface area contributed by atoms with Crippen molar-refractivity contribution in [2.75, 3.05) is 7.05 Å². The molecule has 0 bridgehead atoms. The molecule has 0 saturated heterocycles. The molecule has 0 aliphatic heterocycles. The maximum Gasteiger partial charge on any atom is 2.00 e. The number of benzene rings is 2. The van der Waals surface area contributed by atoms with E-state index in [0.717, 1.165) is 42.4 Å². The van der Waals surface area contributed by atoms with Crippen LogP contribution in [0.4, 0.5) is 0 Å². The van der Waals surface area contributed by atoms with E-state index in [4.69, 9.17) is 14.3 Å². The maximum atomic E-state index is 13.6. The number of likely N-dealkylation sites (N-methyl/N-ethyl adjacent to an activating group) is 1. The predicted molar refractivity (Wildman–Crippen MR) is 161 cm³/mol. The molecule has 0 spiro atoms. The third-order valence-corrected chi connectivity index (χ3v) is 7.78. The van der Waals surface area contributed by atoms with Gasteiger partial charge in [-0.3, -0.25) is 9.89 Å². The van der Waals surface area contributed by atoms with Gasteiger partial charge < -0.3 is 10.2 Å². The Kier molecular flexibility index (Phi) is 15.7. The van der Waals surface area contributed by atoms with Crippen molar-refractivity contribution in [2.45, 2.75) is 123 Å². The third-order valence-electron chi connectivity index (χ3n) is 7.78. The van der Waals surface area contributed by atoms with E-state index in [1.54, 1.807) is 6.21 Å². The molecular weight excluding hydrogens is 613 g/mol. The minimum absolute atomic E-state index is 0. The third kappa shape index (κ3) is 10.5. The molecule has 7 heteroatoms. The number of nitrogens with zero attached hydrogens (tertiary/aromatic N) is 2. The van der Waals surface area contributed by atoms with Crippen LogP contribution in [0.15, 0.2) is 35.3 Å². The summed E-state index contributed by atoms with van der Waals surface area (Å²) in [6.07, 6.45) is 6.14. The van der Waals surface area contributed by atoms with E-state index in [1.165, 1.54) is 5.56 Å². The van der Waals surface area contributed by atoms with Crippen LogP contribution >= 0.6 is 0 Å². The predicted octanol–water partition coefficient (Wildman–Crippen LogP) is 6.51. The number of para-hydroxylation sites is 1. The Labute approximate surface area is 267 Å². The normalized spacial score (nSPS) is 17.4. The first-order valence-electron chi connectivity index (χ1n) is 14.3. The van der Waals surface area contributed by atoms with E-state index < -0.39 is 0 Å². The molecule has 2 aromatic carbocycles. The Morgan fingerprint density at radius 1 is 0.833 bits per heavy atom. The molecule has 0 heterocycles. The van der Waals surface area contributed by atoms with Crippen molar-refractivity contribution in [3.8, 4) is 11.5 Å². The van der Waals surface area contributed by atoms with E-state index in [-0.39, 0.29) is 59.3 Å². The molecule has 0 radical (unpaired) electrons. The minimum atomic E-state index is -0.207. The second-order valence-corrected chi connectivity index (χ2v) is 14.1. The van der Waals surface area contributed by atoms with Gasteiger partial charge in [0.05, 0.1) is 6.04 Å². The quantitative estimate of drug-likeness (QED) is 0.158. The van der Waals surface area contributed by atoms with E-state index in [2.05, 4.69) is 99.7 Å². The van der Waals surface area contributed by atoms with Gasteiger partial charge in [0.1, 0.15) is 0 Å². The summed E-state index contributed by atoms with van der Waals surface area (Å²) in [5, 5.41) is 26.6. The van der Waals surface area contributed by atoms with Crippen molar-refractivity contribution in [2.24, 2.45) is 4.99 Å². The fourth-order valence-electron chi connectivity index (χ4n) is 5.39. The fourth-order valence-corrected chi connectivity index (χ4v) is 5.39. The number of rotatable bonds is 5. The van der Waals surface area contributed by atoms with E-state index in [0.29, 0.717) is 12.1 Å². The van der Waals surface area contributed by atoms with Crippen LogP contribution in [0.3, 0.4) is 0 Å². The van der Waals surface area contributed by atoms with Gasteiger partial charge in [0.25, 0.3) is 0 Å².